The van der Waals surface area contributed by atoms with Crippen molar-refractivity contribution in [2.45, 2.75) is 13.0 Å². The van der Waals surface area contributed by atoms with Crippen molar-refractivity contribution in [2.24, 2.45) is 0 Å². The van der Waals surface area contributed by atoms with Gasteiger partial charge >= 0.3 is 0 Å². The van der Waals surface area contributed by atoms with Gasteiger partial charge in [0.1, 0.15) is 11.4 Å². The molecule has 0 bridgehead atoms. The number of aromatic nitrogens is 1. The molecule has 0 atom stereocenters. The van der Waals surface area contributed by atoms with Gasteiger partial charge in [0, 0.05) is 38.1 Å². The average Bonchev–Trinajstić information content (AvgIpc) is 2.98. The van der Waals surface area contributed by atoms with Crippen LogP contribution in [-0.2, 0) is 6.54 Å². The van der Waals surface area contributed by atoms with Gasteiger partial charge in [-0.15, -0.1) is 0 Å². The highest BCUT2D eigenvalue weighted by molar-refractivity contribution is 5.95. The molecule has 5 heteroatoms. The first-order chi connectivity index (χ1) is 13.7. The molecule has 0 N–H and O–H groups in total. The summed E-state index contributed by atoms with van der Waals surface area (Å²) < 4.78 is 5.25. The number of carbonyl (C=O) groups excluding carboxylic acids is 1. The number of benzene rings is 2. The standard InChI is InChI=1S/C23H25N3O2/c1-28-20-9-11-21-19(16-20)8-10-22(24-21)23(27)26-13-5-12-25(14-15-26)17-18-6-3-2-4-7-18/h2-4,6-11,16H,5,12-15,17H2,1H3. The summed E-state index contributed by atoms with van der Waals surface area (Å²) in [7, 11) is 1.65. The van der Waals surface area contributed by atoms with E-state index in [-0.39, 0.29) is 5.91 Å². The number of nitrogens with zero attached hydrogens (tertiary/aromatic N) is 3. The Morgan fingerprint density at radius 2 is 1.86 bits per heavy atom. The van der Waals surface area contributed by atoms with Crippen LogP contribution in [0.1, 0.15) is 22.5 Å². The van der Waals surface area contributed by atoms with E-state index in [2.05, 4.69) is 34.1 Å². The maximum Gasteiger partial charge on any atom is 0.272 e. The van der Waals surface area contributed by atoms with Gasteiger partial charge in [-0.1, -0.05) is 36.4 Å². The van der Waals surface area contributed by atoms with Crippen molar-refractivity contribution in [3.05, 3.63) is 71.9 Å². The van der Waals surface area contributed by atoms with Crippen LogP contribution >= 0.6 is 0 Å². The molecule has 3 aromatic rings. The minimum atomic E-state index is 0.0132. The number of hydrogen-bond donors (Lipinski definition) is 0. The van der Waals surface area contributed by atoms with Crippen molar-refractivity contribution in [3.63, 3.8) is 0 Å². The van der Waals surface area contributed by atoms with Gasteiger partial charge in [0.2, 0.25) is 0 Å². The smallest absolute Gasteiger partial charge is 0.272 e. The highest BCUT2D eigenvalue weighted by Gasteiger charge is 2.21. The predicted octanol–water partition coefficient (Wildman–Crippen LogP) is 3.59. The summed E-state index contributed by atoms with van der Waals surface area (Å²) in [5.74, 6) is 0.804. The van der Waals surface area contributed by atoms with Crippen LogP contribution < -0.4 is 4.74 Å². The number of fused-ring (bicyclic) bond motifs is 1. The highest BCUT2D eigenvalue weighted by atomic mass is 16.5. The summed E-state index contributed by atoms with van der Waals surface area (Å²) >= 11 is 0. The lowest BCUT2D eigenvalue weighted by Crippen LogP contribution is -2.35. The van der Waals surface area contributed by atoms with Crippen LogP contribution in [0, 0.1) is 0 Å². The Labute approximate surface area is 165 Å². The van der Waals surface area contributed by atoms with Gasteiger partial charge < -0.3 is 9.64 Å². The van der Waals surface area contributed by atoms with E-state index < -0.39 is 0 Å². The lowest BCUT2D eigenvalue weighted by atomic mass is 10.2. The van der Waals surface area contributed by atoms with Crippen LogP contribution in [0.2, 0.25) is 0 Å². The fourth-order valence-electron chi connectivity index (χ4n) is 3.69. The summed E-state index contributed by atoms with van der Waals surface area (Å²) in [5.41, 5.74) is 2.63. The van der Waals surface area contributed by atoms with Crippen molar-refractivity contribution in [1.29, 1.82) is 0 Å². The average molecular weight is 375 g/mol. The number of amides is 1. The Morgan fingerprint density at radius 3 is 2.68 bits per heavy atom. The van der Waals surface area contributed by atoms with Gasteiger partial charge in [-0.2, -0.15) is 0 Å². The summed E-state index contributed by atoms with van der Waals surface area (Å²) in [6, 6.07) is 20.0. The minimum Gasteiger partial charge on any atom is -0.497 e. The minimum absolute atomic E-state index is 0.0132. The first kappa shape index (κ1) is 18.4. The van der Waals surface area contributed by atoms with E-state index in [0.717, 1.165) is 55.8 Å². The third kappa shape index (κ3) is 4.15. The second-order valence-corrected chi connectivity index (χ2v) is 7.16. The third-order valence-corrected chi connectivity index (χ3v) is 5.24. The molecule has 1 saturated heterocycles. The predicted molar refractivity (Wildman–Crippen MR) is 111 cm³/mol. The molecule has 144 valence electrons. The molecule has 1 amide bonds. The van der Waals surface area contributed by atoms with E-state index in [1.54, 1.807) is 7.11 Å². The molecule has 1 aliphatic rings. The molecule has 1 aromatic heterocycles. The molecule has 2 heterocycles. The maximum absolute atomic E-state index is 13.0. The van der Waals surface area contributed by atoms with E-state index in [1.165, 1.54) is 5.56 Å². The number of pyridine rings is 1. The van der Waals surface area contributed by atoms with Gasteiger partial charge in [-0.3, -0.25) is 9.69 Å². The quantitative estimate of drug-likeness (QED) is 0.699. The number of hydrogen-bond acceptors (Lipinski definition) is 4. The monoisotopic (exact) mass is 375 g/mol. The van der Waals surface area contributed by atoms with Gasteiger partial charge in [0.15, 0.2) is 0 Å². The number of rotatable bonds is 4. The second-order valence-electron chi connectivity index (χ2n) is 7.16. The molecular weight excluding hydrogens is 350 g/mol. The summed E-state index contributed by atoms with van der Waals surface area (Å²) in [6.45, 7) is 4.31. The summed E-state index contributed by atoms with van der Waals surface area (Å²) in [6.07, 6.45) is 0.976. The fourth-order valence-corrected chi connectivity index (χ4v) is 3.69. The van der Waals surface area contributed by atoms with Gasteiger partial charge in [0.25, 0.3) is 5.91 Å². The van der Waals surface area contributed by atoms with Crippen LogP contribution in [0.5, 0.6) is 5.75 Å². The fraction of sp³-hybridized carbons (Fsp3) is 0.304. The van der Waals surface area contributed by atoms with E-state index >= 15 is 0 Å². The van der Waals surface area contributed by atoms with E-state index in [0.29, 0.717) is 5.69 Å². The van der Waals surface area contributed by atoms with Crippen molar-refractivity contribution in [2.75, 3.05) is 33.3 Å². The van der Waals surface area contributed by atoms with E-state index in [9.17, 15) is 4.79 Å². The maximum atomic E-state index is 13.0. The van der Waals surface area contributed by atoms with Crippen LogP contribution in [0.15, 0.2) is 60.7 Å². The van der Waals surface area contributed by atoms with Gasteiger partial charge in [0.05, 0.1) is 12.6 Å². The van der Waals surface area contributed by atoms with Crippen LogP contribution in [0.25, 0.3) is 10.9 Å². The van der Waals surface area contributed by atoms with Crippen molar-refractivity contribution >= 4 is 16.8 Å². The van der Waals surface area contributed by atoms with Crippen molar-refractivity contribution in [3.8, 4) is 5.75 Å². The van der Waals surface area contributed by atoms with Crippen molar-refractivity contribution < 1.29 is 9.53 Å². The molecule has 0 saturated carbocycles. The van der Waals surface area contributed by atoms with Crippen molar-refractivity contribution in [1.82, 2.24) is 14.8 Å². The Kier molecular flexibility index (Phi) is 5.53. The Balaban J connectivity index is 1.44. The first-order valence-corrected chi connectivity index (χ1v) is 9.73. The van der Waals surface area contributed by atoms with Crippen LogP contribution in [0.3, 0.4) is 0 Å². The molecular formula is C23H25N3O2. The lowest BCUT2D eigenvalue weighted by molar-refractivity contribution is 0.0755. The molecule has 2 aromatic carbocycles. The second kappa shape index (κ2) is 8.40. The van der Waals surface area contributed by atoms with E-state index in [1.807, 2.05) is 41.3 Å². The summed E-state index contributed by atoms with van der Waals surface area (Å²) in [4.78, 5) is 21.9. The zero-order valence-electron chi connectivity index (χ0n) is 16.2. The normalized spacial score (nSPS) is 15.4. The van der Waals surface area contributed by atoms with Crippen LogP contribution in [-0.4, -0.2) is 54.0 Å². The molecule has 0 aliphatic carbocycles. The first-order valence-electron chi connectivity index (χ1n) is 9.73. The van der Waals surface area contributed by atoms with E-state index in [4.69, 9.17) is 4.74 Å². The highest BCUT2D eigenvalue weighted by Crippen LogP contribution is 2.20. The Hall–Kier alpha value is -2.92. The molecule has 5 nitrogen and oxygen atoms in total. The van der Waals surface area contributed by atoms with Crippen LogP contribution in [0.4, 0.5) is 0 Å². The molecule has 0 spiro atoms. The van der Waals surface area contributed by atoms with Gasteiger partial charge in [-0.25, -0.2) is 4.98 Å². The summed E-state index contributed by atoms with van der Waals surface area (Å²) in [5, 5.41) is 0.973. The van der Waals surface area contributed by atoms with Gasteiger partial charge in [-0.05, 0) is 36.2 Å². The Morgan fingerprint density at radius 1 is 1.00 bits per heavy atom. The molecule has 1 aliphatic heterocycles. The SMILES string of the molecule is COc1ccc2nc(C(=O)N3CCCN(Cc4ccccc4)CC3)ccc2c1. The largest absolute Gasteiger partial charge is 0.497 e. The zero-order valence-corrected chi connectivity index (χ0v) is 16.2. The molecule has 28 heavy (non-hydrogen) atoms. The molecule has 1 fully saturated rings. The molecule has 4 rings (SSSR count). The lowest BCUT2D eigenvalue weighted by Gasteiger charge is -2.22. The zero-order chi connectivity index (χ0) is 19.3. The topological polar surface area (TPSA) is 45.7 Å². The number of methoxy groups -OCH3 is 1. The number of carbonyl (C=O) groups is 1. The molecule has 0 unspecified atom stereocenters. The molecule has 0 radical (unpaired) electrons. The Bertz CT molecular complexity index is 958. The number of ether oxygens (including phenoxy) is 1. The third-order valence-electron chi connectivity index (χ3n) is 5.24.